The summed E-state index contributed by atoms with van der Waals surface area (Å²) in [6, 6.07) is 4.22. The Kier molecular flexibility index (Phi) is 2.43. The third-order valence-electron chi connectivity index (χ3n) is 3.86. The summed E-state index contributed by atoms with van der Waals surface area (Å²) in [5.41, 5.74) is 2.52. The predicted molar refractivity (Wildman–Crippen MR) is 66.5 cm³/mol. The number of nitrogens with one attached hydrogen (secondary N) is 1. The Morgan fingerprint density at radius 3 is 3.19 bits per heavy atom. The molecule has 0 spiro atoms. The molecule has 2 heterocycles. The second kappa shape index (κ2) is 3.93. The molecule has 2 nitrogen and oxygen atoms in total. The van der Waals surface area contributed by atoms with E-state index in [2.05, 4.69) is 29.2 Å². The highest BCUT2D eigenvalue weighted by Gasteiger charge is 2.22. The van der Waals surface area contributed by atoms with Gasteiger partial charge in [-0.3, -0.25) is 0 Å². The summed E-state index contributed by atoms with van der Waals surface area (Å²) in [6.07, 6.45) is 9.47. The van der Waals surface area contributed by atoms with Gasteiger partial charge in [-0.05, 0) is 42.4 Å². The van der Waals surface area contributed by atoms with Gasteiger partial charge < -0.3 is 4.98 Å². The van der Waals surface area contributed by atoms with E-state index in [-0.39, 0.29) is 0 Å². The van der Waals surface area contributed by atoms with Gasteiger partial charge in [-0.1, -0.05) is 19.8 Å². The van der Waals surface area contributed by atoms with E-state index in [1.807, 2.05) is 12.3 Å². The van der Waals surface area contributed by atoms with Crippen LogP contribution in [0.2, 0.25) is 0 Å². The molecule has 1 fully saturated rings. The quantitative estimate of drug-likeness (QED) is 0.767. The smallest absolute Gasteiger partial charge is 0.137 e. The highest BCUT2D eigenvalue weighted by molar-refractivity contribution is 5.80. The van der Waals surface area contributed by atoms with Crippen molar-refractivity contribution in [2.45, 2.75) is 38.5 Å². The summed E-state index contributed by atoms with van der Waals surface area (Å²) in [5.74, 6) is 1.61. The molecular weight excluding hydrogens is 196 g/mol. The number of aromatic amines is 1. The van der Waals surface area contributed by atoms with E-state index in [4.69, 9.17) is 0 Å². The van der Waals surface area contributed by atoms with Crippen molar-refractivity contribution in [1.29, 1.82) is 0 Å². The van der Waals surface area contributed by atoms with Crippen LogP contribution in [-0.2, 0) is 0 Å². The van der Waals surface area contributed by atoms with E-state index in [9.17, 15) is 0 Å². The van der Waals surface area contributed by atoms with Gasteiger partial charge in [-0.15, -0.1) is 0 Å². The standard InChI is InChI=1S/C14H18N2/c1-10-4-2-5-11(8-10)13-9-16-14-12(13)6-3-7-15-14/h3,6-7,9-11H,2,4-5,8H2,1H3,(H,15,16)/t10-,11+/m1/s1. The monoisotopic (exact) mass is 214 g/mol. The van der Waals surface area contributed by atoms with Gasteiger partial charge >= 0.3 is 0 Å². The van der Waals surface area contributed by atoms with Crippen molar-refractivity contribution in [3.8, 4) is 0 Å². The number of aromatic nitrogens is 2. The second-order valence-electron chi connectivity index (χ2n) is 5.11. The van der Waals surface area contributed by atoms with E-state index >= 15 is 0 Å². The van der Waals surface area contributed by atoms with Crippen LogP contribution in [-0.4, -0.2) is 9.97 Å². The normalized spacial score (nSPS) is 26.1. The molecule has 0 aromatic carbocycles. The highest BCUT2D eigenvalue weighted by atomic mass is 14.8. The molecule has 1 N–H and O–H groups in total. The van der Waals surface area contributed by atoms with Gasteiger partial charge in [-0.2, -0.15) is 0 Å². The Balaban J connectivity index is 1.99. The molecule has 84 valence electrons. The van der Waals surface area contributed by atoms with Gasteiger partial charge in [0.05, 0.1) is 0 Å². The van der Waals surface area contributed by atoms with Gasteiger partial charge in [0.25, 0.3) is 0 Å². The fourth-order valence-corrected chi connectivity index (χ4v) is 3.03. The zero-order valence-electron chi connectivity index (χ0n) is 9.74. The number of nitrogens with zero attached hydrogens (tertiary/aromatic N) is 1. The minimum atomic E-state index is 0.738. The summed E-state index contributed by atoms with van der Waals surface area (Å²) < 4.78 is 0. The van der Waals surface area contributed by atoms with Crippen LogP contribution in [0.3, 0.4) is 0 Å². The first-order valence-electron chi connectivity index (χ1n) is 6.26. The highest BCUT2D eigenvalue weighted by Crippen LogP contribution is 2.38. The third kappa shape index (κ3) is 1.62. The van der Waals surface area contributed by atoms with Crippen molar-refractivity contribution in [3.05, 3.63) is 30.1 Å². The lowest BCUT2D eigenvalue weighted by molar-refractivity contribution is 0.345. The molecule has 0 bridgehead atoms. The van der Waals surface area contributed by atoms with Crippen LogP contribution in [0.15, 0.2) is 24.5 Å². The van der Waals surface area contributed by atoms with Crippen LogP contribution in [0.5, 0.6) is 0 Å². The Bertz CT molecular complexity index is 486. The first-order chi connectivity index (χ1) is 7.84. The molecule has 0 unspecified atom stereocenters. The van der Waals surface area contributed by atoms with Gasteiger partial charge in [0, 0.05) is 17.8 Å². The van der Waals surface area contributed by atoms with Crippen LogP contribution >= 0.6 is 0 Å². The molecule has 2 aromatic heterocycles. The fourth-order valence-electron chi connectivity index (χ4n) is 3.03. The van der Waals surface area contributed by atoms with Crippen molar-refractivity contribution in [2.75, 3.05) is 0 Å². The fraction of sp³-hybridized carbons (Fsp3) is 0.500. The number of fused-ring (bicyclic) bond motifs is 1. The van der Waals surface area contributed by atoms with Crippen molar-refractivity contribution in [3.63, 3.8) is 0 Å². The lowest BCUT2D eigenvalue weighted by Gasteiger charge is -2.26. The Hall–Kier alpha value is -1.31. The van der Waals surface area contributed by atoms with Gasteiger partial charge in [0.15, 0.2) is 0 Å². The Labute approximate surface area is 96.1 Å². The second-order valence-corrected chi connectivity index (χ2v) is 5.11. The van der Waals surface area contributed by atoms with Crippen LogP contribution in [0.1, 0.15) is 44.1 Å². The first kappa shape index (κ1) is 9.88. The molecule has 2 aromatic rings. The molecule has 1 saturated carbocycles. The summed E-state index contributed by atoms with van der Waals surface area (Å²) in [6.45, 7) is 2.37. The Morgan fingerprint density at radius 2 is 2.31 bits per heavy atom. The summed E-state index contributed by atoms with van der Waals surface area (Å²) in [5, 5.41) is 1.32. The number of pyridine rings is 1. The molecule has 0 amide bonds. The summed E-state index contributed by atoms with van der Waals surface area (Å²) in [4.78, 5) is 7.65. The summed E-state index contributed by atoms with van der Waals surface area (Å²) >= 11 is 0. The molecule has 1 aliphatic carbocycles. The van der Waals surface area contributed by atoms with Crippen LogP contribution in [0, 0.1) is 5.92 Å². The lowest BCUT2D eigenvalue weighted by Crippen LogP contribution is -2.11. The molecule has 16 heavy (non-hydrogen) atoms. The average Bonchev–Trinajstić information content (AvgIpc) is 2.72. The topological polar surface area (TPSA) is 28.7 Å². The summed E-state index contributed by atoms with van der Waals surface area (Å²) in [7, 11) is 0. The molecule has 0 saturated heterocycles. The van der Waals surface area contributed by atoms with E-state index in [1.165, 1.54) is 36.6 Å². The van der Waals surface area contributed by atoms with Crippen LogP contribution < -0.4 is 0 Å². The molecule has 0 aliphatic heterocycles. The van der Waals surface area contributed by atoms with Crippen LogP contribution in [0.25, 0.3) is 11.0 Å². The van der Waals surface area contributed by atoms with Gasteiger partial charge in [0.1, 0.15) is 5.65 Å². The van der Waals surface area contributed by atoms with E-state index in [1.54, 1.807) is 0 Å². The maximum atomic E-state index is 4.36. The molecular formula is C14H18N2. The predicted octanol–water partition coefficient (Wildman–Crippen LogP) is 3.86. The molecule has 1 aliphatic rings. The van der Waals surface area contributed by atoms with E-state index < -0.39 is 0 Å². The van der Waals surface area contributed by atoms with Crippen molar-refractivity contribution in [2.24, 2.45) is 5.92 Å². The first-order valence-corrected chi connectivity index (χ1v) is 6.26. The largest absolute Gasteiger partial charge is 0.346 e. The number of hydrogen-bond donors (Lipinski definition) is 1. The third-order valence-corrected chi connectivity index (χ3v) is 3.86. The van der Waals surface area contributed by atoms with Gasteiger partial charge in [0.2, 0.25) is 0 Å². The SMILES string of the molecule is C[C@@H]1CCC[C@H](c2c[nH]c3ncccc23)C1. The maximum absolute atomic E-state index is 4.36. The van der Waals surface area contributed by atoms with Crippen molar-refractivity contribution < 1.29 is 0 Å². The van der Waals surface area contributed by atoms with E-state index in [0.29, 0.717) is 0 Å². The maximum Gasteiger partial charge on any atom is 0.137 e. The zero-order chi connectivity index (χ0) is 11.0. The zero-order valence-corrected chi connectivity index (χ0v) is 9.74. The molecule has 2 atom stereocenters. The average molecular weight is 214 g/mol. The van der Waals surface area contributed by atoms with Crippen molar-refractivity contribution >= 4 is 11.0 Å². The number of hydrogen-bond acceptors (Lipinski definition) is 1. The van der Waals surface area contributed by atoms with E-state index in [0.717, 1.165) is 17.5 Å². The number of H-pyrrole nitrogens is 1. The molecule has 0 radical (unpaired) electrons. The van der Waals surface area contributed by atoms with Crippen LogP contribution in [0.4, 0.5) is 0 Å². The number of rotatable bonds is 1. The minimum absolute atomic E-state index is 0.738. The minimum Gasteiger partial charge on any atom is -0.346 e. The van der Waals surface area contributed by atoms with Crippen molar-refractivity contribution in [1.82, 2.24) is 9.97 Å². The van der Waals surface area contributed by atoms with Gasteiger partial charge in [-0.25, -0.2) is 4.98 Å². The molecule has 2 heteroatoms. The Morgan fingerprint density at radius 1 is 1.38 bits per heavy atom. The lowest BCUT2D eigenvalue weighted by atomic mass is 9.79. The molecule has 3 rings (SSSR count).